The maximum absolute atomic E-state index is 11.7. The number of nitrogens with zero attached hydrogens (tertiary/aromatic N) is 1. The second-order valence-corrected chi connectivity index (χ2v) is 4.74. The molecule has 0 aromatic carbocycles. The van der Waals surface area contributed by atoms with Gasteiger partial charge in [-0.2, -0.15) is 0 Å². The summed E-state index contributed by atoms with van der Waals surface area (Å²) in [6.07, 6.45) is 2.35. The third-order valence-corrected chi connectivity index (χ3v) is 3.36. The highest BCUT2D eigenvalue weighted by molar-refractivity contribution is 5.78. The average Bonchev–Trinajstić information content (AvgIpc) is 2.26. The van der Waals surface area contributed by atoms with Crippen molar-refractivity contribution in [1.29, 1.82) is 0 Å². The Balaban J connectivity index is 2.27. The number of hydrogen-bond donors (Lipinski definition) is 1. The van der Waals surface area contributed by atoms with Crippen LogP contribution in [0.2, 0.25) is 0 Å². The first-order valence-electron chi connectivity index (χ1n) is 6.13. The summed E-state index contributed by atoms with van der Waals surface area (Å²) in [5.74, 6) is 1.84. The summed E-state index contributed by atoms with van der Waals surface area (Å²) in [5, 5.41) is 3.09. The lowest BCUT2D eigenvalue weighted by molar-refractivity contribution is -0.131. The standard InChI is InChI=1S/C12H24N2O/c1-4-13-9-12(15)14-7-5-11(6-8-14)10(2)3/h10-11,13H,4-9H2,1-3H3. The monoisotopic (exact) mass is 212 g/mol. The minimum Gasteiger partial charge on any atom is -0.342 e. The van der Waals surface area contributed by atoms with E-state index in [1.54, 1.807) is 0 Å². The van der Waals surface area contributed by atoms with Crippen LogP contribution in [-0.4, -0.2) is 37.0 Å². The van der Waals surface area contributed by atoms with Crippen LogP contribution in [-0.2, 0) is 4.79 Å². The fourth-order valence-electron chi connectivity index (χ4n) is 2.16. The molecule has 1 aliphatic heterocycles. The van der Waals surface area contributed by atoms with E-state index in [9.17, 15) is 4.79 Å². The summed E-state index contributed by atoms with van der Waals surface area (Å²) < 4.78 is 0. The van der Waals surface area contributed by atoms with E-state index >= 15 is 0 Å². The Morgan fingerprint density at radius 2 is 2.00 bits per heavy atom. The molecule has 1 amide bonds. The molecule has 1 saturated heterocycles. The van der Waals surface area contributed by atoms with Gasteiger partial charge in [0.1, 0.15) is 0 Å². The Kier molecular flexibility index (Phi) is 5.09. The molecule has 0 aromatic heterocycles. The van der Waals surface area contributed by atoms with E-state index in [2.05, 4.69) is 19.2 Å². The molecule has 0 saturated carbocycles. The van der Waals surface area contributed by atoms with Crippen molar-refractivity contribution >= 4 is 5.91 Å². The SMILES string of the molecule is CCNCC(=O)N1CCC(C(C)C)CC1. The van der Waals surface area contributed by atoms with Crippen molar-refractivity contribution in [2.45, 2.75) is 33.6 Å². The van der Waals surface area contributed by atoms with E-state index in [0.717, 1.165) is 31.5 Å². The number of amides is 1. The normalized spacial score (nSPS) is 18.5. The first-order valence-corrected chi connectivity index (χ1v) is 6.13. The van der Waals surface area contributed by atoms with Gasteiger partial charge in [0.25, 0.3) is 0 Å². The van der Waals surface area contributed by atoms with Crippen LogP contribution < -0.4 is 5.32 Å². The van der Waals surface area contributed by atoms with Gasteiger partial charge in [0.05, 0.1) is 6.54 Å². The molecular weight excluding hydrogens is 188 g/mol. The van der Waals surface area contributed by atoms with Gasteiger partial charge in [-0.15, -0.1) is 0 Å². The van der Waals surface area contributed by atoms with Crippen LogP contribution in [0.15, 0.2) is 0 Å². The topological polar surface area (TPSA) is 32.3 Å². The molecule has 1 rings (SSSR count). The lowest BCUT2D eigenvalue weighted by Crippen LogP contribution is -2.43. The predicted molar refractivity (Wildman–Crippen MR) is 62.7 cm³/mol. The van der Waals surface area contributed by atoms with Crippen LogP contribution in [0.25, 0.3) is 0 Å². The molecule has 1 fully saturated rings. The molecule has 3 nitrogen and oxygen atoms in total. The molecule has 0 unspecified atom stereocenters. The Labute approximate surface area is 93.2 Å². The van der Waals surface area contributed by atoms with Crippen molar-refractivity contribution in [2.24, 2.45) is 11.8 Å². The highest BCUT2D eigenvalue weighted by Crippen LogP contribution is 2.24. The number of rotatable bonds is 4. The summed E-state index contributed by atoms with van der Waals surface area (Å²) in [7, 11) is 0. The van der Waals surface area contributed by atoms with Crippen LogP contribution >= 0.6 is 0 Å². The summed E-state index contributed by atoms with van der Waals surface area (Å²) in [5.41, 5.74) is 0. The molecule has 0 spiro atoms. The molecule has 0 radical (unpaired) electrons. The zero-order chi connectivity index (χ0) is 11.3. The van der Waals surface area contributed by atoms with Crippen LogP contribution in [0.3, 0.4) is 0 Å². The molecule has 88 valence electrons. The van der Waals surface area contributed by atoms with Gasteiger partial charge in [0, 0.05) is 13.1 Å². The highest BCUT2D eigenvalue weighted by Gasteiger charge is 2.23. The lowest BCUT2D eigenvalue weighted by atomic mass is 9.87. The van der Waals surface area contributed by atoms with Crippen molar-refractivity contribution in [3.8, 4) is 0 Å². The van der Waals surface area contributed by atoms with E-state index in [4.69, 9.17) is 0 Å². The van der Waals surface area contributed by atoms with Crippen molar-refractivity contribution in [3.63, 3.8) is 0 Å². The molecule has 1 aliphatic rings. The zero-order valence-electron chi connectivity index (χ0n) is 10.3. The Morgan fingerprint density at radius 3 is 2.47 bits per heavy atom. The number of likely N-dealkylation sites (tertiary alicyclic amines) is 1. The fraction of sp³-hybridized carbons (Fsp3) is 0.917. The number of carbonyl (C=O) groups excluding carboxylic acids is 1. The minimum absolute atomic E-state index is 0.263. The van der Waals surface area contributed by atoms with Gasteiger partial charge in [-0.25, -0.2) is 0 Å². The summed E-state index contributed by atoms with van der Waals surface area (Å²) in [4.78, 5) is 13.7. The minimum atomic E-state index is 0.263. The maximum Gasteiger partial charge on any atom is 0.236 e. The Hall–Kier alpha value is -0.570. The van der Waals surface area contributed by atoms with E-state index in [1.165, 1.54) is 12.8 Å². The summed E-state index contributed by atoms with van der Waals surface area (Å²) in [6.45, 7) is 9.86. The smallest absolute Gasteiger partial charge is 0.236 e. The maximum atomic E-state index is 11.7. The second-order valence-electron chi connectivity index (χ2n) is 4.74. The summed E-state index contributed by atoms with van der Waals surface area (Å²) >= 11 is 0. The number of nitrogens with one attached hydrogen (secondary N) is 1. The average molecular weight is 212 g/mol. The molecule has 15 heavy (non-hydrogen) atoms. The first-order chi connectivity index (χ1) is 7.15. The quantitative estimate of drug-likeness (QED) is 0.766. The van der Waals surface area contributed by atoms with Crippen LogP contribution in [0.5, 0.6) is 0 Å². The van der Waals surface area contributed by atoms with Crippen LogP contribution in [0.4, 0.5) is 0 Å². The third kappa shape index (κ3) is 3.82. The van der Waals surface area contributed by atoms with E-state index in [-0.39, 0.29) is 5.91 Å². The molecule has 0 atom stereocenters. The van der Waals surface area contributed by atoms with E-state index in [0.29, 0.717) is 6.54 Å². The van der Waals surface area contributed by atoms with Gasteiger partial charge >= 0.3 is 0 Å². The van der Waals surface area contributed by atoms with Crippen LogP contribution in [0, 0.1) is 11.8 Å². The largest absolute Gasteiger partial charge is 0.342 e. The van der Waals surface area contributed by atoms with Gasteiger partial charge in [0.2, 0.25) is 5.91 Å². The van der Waals surface area contributed by atoms with Gasteiger partial charge < -0.3 is 10.2 Å². The van der Waals surface area contributed by atoms with Crippen molar-refractivity contribution in [1.82, 2.24) is 10.2 Å². The fourth-order valence-corrected chi connectivity index (χ4v) is 2.16. The van der Waals surface area contributed by atoms with Crippen molar-refractivity contribution in [2.75, 3.05) is 26.2 Å². The van der Waals surface area contributed by atoms with Gasteiger partial charge in [-0.3, -0.25) is 4.79 Å². The molecule has 3 heteroatoms. The Morgan fingerprint density at radius 1 is 1.40 bits per heavy atom. The van der Waals surface area contributed by atoms with Gasteiger partial charge in [-0.05, 0) is 31.2 Å². The molecule has 0 aromatic rings. The number of likely N-dealkylation sites (N-methyl/N-ethyl adjacent to an activating group) is 1. The molecule has 1 heterocycles. The molecular formula is C12H24N2O. The third-order valence-electron chi connectivity index (χ3n) is 3.36. The number of piperidine rings is 1. The number of hydrogen-bond acceptors (Lipinski definition) is 2. The lowest BCUT2D eigenvalue weighted by Gasteiger charge is -2.34. The van der Waals surface area contributed by atoms with Crippen molar-refractivity contribution in [3.05, 3.63) is 0 Å². The first kappa shape index (κ1) is 12.5. The van der Waals surface area contributed by atoms with Gasteiger partial charge in [-0.1, -0.05) is 20.8 Å². The van der Waals surface area contributed by atoms with E-state index in [1.807, 2.05) is 11.8 Å². The van der Waals surface area contributed by atoms with Crippen molar-refractivity contribution < 1.29 is 4.79 Å². The van der Waals surface area contributed by atoms with Gasteiger partial charge in [0.15, 0.2) is 0 Å². The molecule has 0 aliphatic carbocycles. The molecule has 0 bridgehead atoms. The Bertz CT molecular complexity index is 196. The zero-order valence-corrected chi connectivity index (χ0v) is 10.3. The number of carbonyl (C=O) groups is 1. The van der Waals surface area contributed by atoms with Crippen LogP contribution in [0.1, 0.15) is 33.6 Å². The predicted octanol–water partition coefficient (Wildman–Crippen LogP) is 1.49. The van der Waals surface area contributed by atoms with E-state index < -0.39 is 0 Å². The summed E-state index contributed by atoms with van der Waals surface area (Å²) in [6, 6.07) is 0. The molecule has 1 N–H and O–H groups in total. The second kappa shape index (κ2) is 6.11. The highest BCUT2D eigenvalue weighted by atomic mass is 16.2.